The average Bonchev–Trinajstić information content (AvgIpc) is 2.66. The SMILES string of the molecule is O=C(O)c1cc2cc3ccccc3n2cn1. The van der Waals surface area contributed by atoms with E-state index in [0.717, 1.165) is 16.4 Å². The molecule has 0 aliphatic heterocycles. The zero-order valence-corrected chi connectivity index (χ0v) is 8.29. The van der Waals surface area contributed by atoms with Crippen LogP contribution in [0.25, 0.3) is 16.4 Å². The number of aromatic carboxylic acids is 1. The van der Waals surface area contributed by atoms with E-state index in [1.54, 1.807) is 12.4 Å². The summed E-state index contributed by atoms with van der Waals surface area (Å²) in [6.45, 7) is 0. The summed E-state index contributed by atoms with van der Waals surface area (Å²) in [5.41, 5.74) is 1.94. The minimum Gasteiger partial charge on any atom is -0.477 e. The van der Waals surface area contributed by atoms with Crippen LogP contribution in [0.4, 0.5) is 0 Å². The van der Waals surface area contributed by atoms with Crippen molar-refractivity contribution in [1.82, 2.24) is 9.38 Å². The molecule has 4 heteroatoms. The van der Waals surface area contributed by atoms with Crippen LogP contribution in [0, 0.1) is 0 Å². The molecule has 0 aliphatic rings. The highest BCUT2D eigenvalue weighted by molar-refractivity contribution is 5.91. The van der Waals surface area contributed by atoms with Gasteiger partial charge in [0.15, 0.2) is 5.69 Å². The number of aromatic nitrogens is 2. The van der Waals surface area contributed by atoms with Crippen LogP contribution in [0.15, 0.2) is 42.7 Å². The van der Waals surface area contributed by atoms with Crippen molar-refractivity contribution < 1.29 is 9.90 Å². The molecule has 16 heavy (non-hydrogen) atoms. The van der Waals surface area contributed by atoms with Crippen LogP contribution >= 0.6 is 0 Å². The summed E-state index contributed by atoms with van der Waals surface area (Å²) in [5, 5.41) is 9.92. The van der Waals surface area contributed by atoms with Gasteiger partial charge in [-0.1, -0.05) is 18.2 Å². The van der Waals surface area contributed by atoms with Gasteiger partial charge in [-0.25, -0.2) is 9.78 Å². The maximum Gasteiger partial charge on any atom is 0.354 e. The molecule has 0 atom stereocenters. The molecule has 0 fully saturated rings. The topological polar surface area (TPSA) is 54.6 Å². The van der Waals surface area contributed by atoms with E-state index >= 15 is 0 Å². The largest absolute Gasteiger partial charge is 0.477 e. The standard InChI is InChI=1S/C12H8N2O2/c15-12(16)10-6-9-5-8-3-1-2-4-11(8)14(9)7-13-10/h1-7H,(H,15,16). The molecule has 1 N–H and O–H groups in total. The summed E-state index contributed by atoms with van der Waals surface area (Å²) in [6.07, 6.45) is 1.54. The van der Waals surface area contributed by atoms with Crippen molar-refractivity contribution in [2.75, 3.05) is 0 Å². The van der Waals surface area contributed by atoms with Crippen LogP contribution in [0.2, 0.25) is 0 Å². The fourth-order valence-electron chi connectivity index (χ4n) is 1.85. The van der Waals surface area contributed by atoms with E-state index in [0.29, 0.717) is 0 Å². The Hall–Kier alpha value is -2.36. The third kappa shape index (κ3) is 1.16. The van der Waals surface area contributed by atoms with Gasteiger partial charge in [-0.05, 0) is 18.2 Å². The number of carboxylic acid groups (broad SMARTS) is 1. The van der Waals surface area contributed by atoms with Crippen LogP contribution in [-0.4, -0.2) is 20.5 Å². The Morgan fingerprint density at radius 1 is 1.25 bits per heavy atom. The smallest absolute Gasteiger partial charge is 0.354 e. The molecule has 3 rings (SSSR count). The average molecular weight is 212 g/mol. The molecule has 0 bridgehead atoms. The number of para-hydroxylation sites is 1. The van der Waals surface area contributed by atoms with Gasteiger partial charge in [-0.2, -0.15) is 0 Å². The first-order chi connectivity index (χ1) is 7.75. The second-order valence-corrected chi connectivity index (χ2v) is 3.58. The number of hydrogen-bond donors (Lipinski definition) is 1. The van der Waals surface area contributed by atoms with Gasteiger partial charge in [0.1, 0.15) is 6.33 Å². The fraction of sp³-hybridized carbons (Fsp3) is 0. The van der Waals surface area contributed by atoms with Crippen molar-refractivity contribution in [3.63, 3.8) is 0 Å². The third-order valence-electron chi connectivity index (χ3n) is 2.59. The number of carbonyl (C=O) groups is 1. The predicted molar refractivity (Wildman–Crippen MR) is 59.7 cm³/mol. The molecule has 0 radical (unpaired) electrons. The number of hydrogen-bond acceptors (Lipinski definition) is 2. The number of fused-ring (bicyclic) bond motifs is 3. The lowest BCUT2D eigenvalue weighted by atomic mass is 10.2. The molecule has 2 aromatic heterocycles. The Balaban J connectivity index is 2.41. The highest BCUT2D eigenvalue weighted by Gasteiger charge is 2.07. The minimum atomic E-state index is -1.01. The first-order valence-corrected chi connectivity index (χ1v) is 4.85. The van der Waals surface area contributed by atoms with Crippen LogP contribution in [0.1, 0.15) is 10.5 Å². The maximum atomic E-state index is 10.8. The second-order valence-electron chi connectivity index (χ2n) is 3.58. The molecule has 2 heterocycles. The molecule has 0 amide bonds. The van der Waals surface area contributed by atoms with Crippen LogP contribution in [0.5, 0.6) is 0 Å². The van der Waals surface area contributed by atoms with Crippen molar-refractivity contribution in [3.8, 4) is 0 Å². The summed E-state index contributed by atoms with van der Waals surface area (Å²) in [4.78, 5) is 14.7. The van der Waals surface area contributed by atoms with Crippen molar-refractivity contribution in [2.24, 2.45) is 0 Å². The molecule has 0 saturated carbocycles. The van der Waals surface area contributed by atoms with E-state index in [4.69, 9.17) is 5.11 Å². The zero-order chi connectivity index (χ0) is 11.1. The van der Waals surface area contributed by atoms with Crippen LogP contribution in [0.3, 0.4) is 0 Å². The first kappa shape index (κ1) is 8.91. The molecule has 0 aliphatic carbocycles. The Labute approximate surface area is 90.8 Å². The molecule has 3 aromatic rings. The normalized spacial score (nSPS) is 11.0. The number of rotatable bonds is 1. The van der Waals surface area contributed by atoms with Crippen molar-refractivity contribution in [1.29, 1.82) is 0 Å². The molecule has 78 valence electrons. The summed E-state index contributed by atoms with van der Waals surface area (Å²) < 4.78 is 1.88. The van der Waals surface area contributed by atoms with E-state index in [9.17, 15) is 4.79 Å². The van der Waals surface area contributed by atoms with E-state index in [-0.39, 0.29) is 5.69 Å². The van der Waals surface area contributed by atoms with Crippen molar-refractivity contribution in [3.05, 3.63) is 48.4 Å². The van der Waals surface area contributed by atoms with Gasteiger partial charge < -0.3 is 9.51 Å². The van der Waals surface area contributed by atoms with E-state index in [1.807, 2.05) is 34.7 Å². The maximum absolute atomic E-state index is 10.8. The highest BCUT2D eigenvalue weighted by Crippen LogP contribution is 2.19. The van der Waals surface area contributed by atoms with E-state index < -0.39 is 5.97 Å². The molecule has 4 nitrogen and oxygen atoms in total. The summed E-state index contributed by atoms with van der Waals surface area (Å²) in [6, 6.07) is 11.4. The predicted octanol–water partition coefficient (Wildman–Crippen LogP) is 2.19. The van der Waals surface area contributed by atoms with Gasteiger partial charge in [-0.3, -0.25) is 0 Å². The zero-order valence-electron chi connectivity index (χ0n) is 8.29. The first-order valence-electron chi connectivity index (χ1n) is 4.85. The Kier molecular flexibility index (Phi) is 1.71. The van der Waals surface area contributed by atoms with Gasteiger partial charge in [0, 0.05) is 5.39 Å². The number of nitrogens with zero attached hydrogens (tertiary/aromatic N) is 2. The van der Waals surface area contributed by atoms with Crippen molar-refractivity contribution in [2.45, 2.75) is 0 Å². The summed E-state index contributed by atoms with van der Waals surface area (Å²) in [5.74, 6) is -1.01. The number of carboxylic acids is 1. The fourth-order valence-corrected chi connectivity index (χ4v) is 1.85. The van der Waals surface area contributed by atoms with Crippen molar-refractivity contribution >= 4 is 22.4 Å². The second kappa shape index (κ2) is 3.06. The summed E-state index contributed by atoms with van der Waals surface area (Å²) in [7, 11) is 0. The molecular weight excluding hydrogens is 204 g/mol. The number of benzene rings is 1. The van der Waals surface area contributed by atoms with Gasteiger partial charge in [0.05, 0.1) is 11.0 Å². The highest BCUT2D eigenvalue weighted by atomic mass is 16.4. The third-order valence-corrected chi connectivity index (χ3v) is 2.59. The molecule has 0 saturated heterocycles. The molecule has 0 spiro atoms. The lowest BCUT2D eigenvalue weighted by Crippen LogP contribution is -2.01. The Morgan fingerprint density at radius 2 is 2.06 bits per heavy atom. The van der Waals surface area contributed by atoms with Gasteiger partial charge in [0.25, 0.3) is 0 Å². The van der Waals surface area contributed by atoms with Gasteiger partial charge >= 0.3 is 5.97 Å². The van der Waals surface area contributed by atoms with Crippen LogP contribution < -0.4 is 0 Å². The monoisotopic (exact) mass is 212 g/mol. The Bertz CT molecular complexity index is 700. The lowest BCUT2D eigenvalue weighted by Gasteiger charge is -1.97. The molecular formula is C12H8N2O2. The van der Waals surface area contributed by atoms with Crippen LogP contribution in [-0.2, 0) is 0 Å². The molecule has 0 unspecified atom stereocenters. The van der Waals surface area contributed by atoms with E-state index in [1.165, 1.54) is 0 Å². The van der Waals surface area contributed by atoms with E-state index in [2.05, 4.69) is 4.98 Å². The summed E-state index contributed by atoms with van der Waals surface area (Å²) >= 11 is 0. The lowest BCUT2D eigenvalue weighted by molar-refractivity contribution is 0.0690. The Morgan fingerprint density at radius 3 is 2.88 bits per heavy atom. The quantitative estimate of drug-likeness (QED) is 0.672. The van der Waals surface area contributed by atoms with Gasteiger partial charge in [0.2, 0.25) is 0 Å². The van der Waals surface area contributed by atoms with Gasteiger partial charge in [-0.15, -0.1) is 0 Å². The molecule has 1 aromatic carbocycles. The minimum absolute atomic E-state index is 0.0651.